The van der Waals surface area contributed by atoms with Crippen molar-refractivity contribution in [1.82, 2.24) is 14.4 Å². The van der Waals surface area contributed by atoms with Crippen LogP contribution < -0.4 is 0 Å². The zero-order valence-corrected chi connectivity index (χ0v) is 13.9. The van der Waals surface area contributed by atoms with Gasteiger partial charge in [-0.15, -0.1) is 0 Å². The van der Waals surface area contributed by atoms with Crippen molar-refractivity contribution in [2.75, 3.05) is 0 Å². The molecule has 0 aliphatic heterocycles. The van der Waals surface area contributed by atoms with Crippen LogP contribution in [0, 0.1) is 29.1 Å². The van der Waals surface area contributed by atoms with E-state index >= 15 is 0 Å². The molecular weight excluding hydrogens is 377 g/mol. The molecule has 5 rings (SSSR count). The maximum atomic E-state index is 14.5. The highest BCUT2D eigenvalue weighted by molar-refractivity contribution is 5.98. The molecule has 0 saturated carbocycles. The lowest BCUT2D eigenvalue weighted by atomic mass is 10.1. The molecule has 0 atom stereocenters. The van der Waals surface area contributed by atoms with Gasteiger partial charge in [0.05, 0.1) is 22.1 Å². The lowest BCUT2D eigenvalue weighted by Gasteiger charge is -2.12. The number of imidazole rings is 1. The van der Waals surface area contributed by atoms with E-state index in [4.69, 9.17) is 0 Å². The number of para-hydroxylation sites is 3. The second-order valence-corrected chi connectivity index (χ2v) is 6.16. The molecular formula is C20H8F5N3. The highest BCUT2D eigenvalue weighted by Gasteiger charge is 2.29. The van der Waals surface area contributed by atoms with Crippen LogP contribution in [-0.4, -0.2) is 14.4 Å². The van der Waals surface area contributed by atoms with Gasteiger partial charge in [0.15, 0.2) is 29.1 Å². The van der Waals surface area contributed by atoms with E-state index in [1.165, 1.54) is 4.40 Å². The summed E-state index contributed by atoms with van der Waals surface area (Å²) in [6.07, 6.45) is 0. The number of nitrogens with zero attached hydrogens (tertiary/aromatic N) is 3. The van der Waals surface area contributed by atoms with Gasteiger partial charge < -0.3 is 0 Å². The molecule has 3 nitrogen and oxygen atoms in total. The Morgan fingerprint density at radius 2 is 1.18 bits per heavy atom. The molecule has 8 heteroatoms. The van der Waals surface area contributed by atoms with Crippen molar-refractivity contribution in [3.05, 3.63) is 77.6 Å². The minimum Gasteiger partial charge on any atom is -0.276 e. The first-order valence-corrected chi connectivity index (χ1v) is 8.16. The molecule has 28 heavy (non-hydrogen) atoms. The molecule has 5 aromatic rings. The average molecular weight is 385 g/mol. The molecule has 138 valence electrons. The standard InChI is InChI=1S/C20H8F5N3/c21-14-13(15(22)17(24)18(25)16(14)23)20-26-10-6-2-1-5-9(10)19-27-11-7-3-4-8-12(11)28(19)20/h1-8H. The number of hydrogen-bond donors (Lipinski definition) is 0. The first-order valence-electron chi connectivity index (χ1n) is 8.16. The fourth-order valence-electron chi connectivity index (χ4n) is 3.31. The highest BCUT2D eigenvalue weighted by Crippen LogP contribution is 2.34. The number of fused-ring (bicyclic) bond motifs is 5. The van der Waals surface area contributed by atoms with Gasteiger partial charge in [-0.1, -0.05) is 24.3 Å². The molecule has 0 saturated heterocycles. The summed E-state index contributed by atoms with van der Waals surface area (Å²) in [6, 6.07) is 13.4. The van der Waals surface area contributed by atoms with E-state index in [-0.39, 0.29) is 0 Å². The molecule has 0 amide bonds. The lowest BCUT2D eigenvalue weighted by molar-refractivity contribution is 0.380. The molecule has 0 unspecified atom stereocenters. The van der Waals surface area contributed by atoms with Crippen molar-refractivity contribution in [3.8, 4) is 11.4 Å². The smallest absolute Gasteiger partial charge is 0.200 e. The summed E-state index contributed by atoms with van der Waals surface area (Å²) >= 11 is 0. The summed E-state index contributed by atoms with van der Waals surface area (Å²) in [5.41, 5.74) is 0.422. The Bertz CT molecular complexity index is 1400. The molecule has 0 fully saturated rings. The number of hydrogen-bond acceptors (Lipinski definition) is 2. The maximum absolute atomic E-state index is 14.5. The topological polar surface area (TPSA) is 30.2 Å². The van der Waals surface area contributed by atoms with Crippen molar-refractivity contribution in [2.24, 2.45) is 0 Å². The third-order valence-corrected chi connectivity index (χ3v) is 4.58. The van der Waals surface area contributed by atoms with E-state index in [1.54, 1.807) is 48.5 Å². The van der Waals surface area contributed by atoms with E-state index < -0.39 is 40.5 Å². The predicted molar refractivity (Wildman–Crippen MR) is 93.2 cm³/mol. The van der Waals surface area contributed by atoms with Gasteiger partial charge in [-0.25, -0.2) is 31.9 Å². The Balaban J connectivity index is 2.06. The normalized spacial score (nSPS) is 11.8. The quantitative estimate of drug-likeness (QED) is 0.220. The molecule has 2 heterocycles. The van der Waals surface area contributed by atoms with Crippen molar-refractivity contribution >= 4 is 27.6 Å². The van der Waals surface area contributed by atoms with Crippen LogP contribution in [0.4, 0.5) is 22.0 Å². The average Bonchev–Trinajstić information content (AvgIpc) is 3.11. The van der Waals surface area contributed by atoms with Crippen LogP contribution in [0.3, 0.4) is 0 Å². The second kappa shape index (κ2) is 5.72. The fourth-order valence-corrected chi connectivity index (χ4v) is 3.31. The monoisotopic (exact) mass is 385 g/mol. The van der Waals surface area contributed by atoms with Crippen LogP contribution in [0.2, 0.25) is 0 Å². The first-order chi connectivity index (χ1) is 13.5. The fraction of sp³-hybridized carbons (Fsp3) is 0. The van der Waals surface area contributed by atoms with E-state index in [9.17, 15) is 22.0 Å². The van der Waals surface area contributed by atoms with Crippen LogP contribution in [0.1, 0.15) is 0 Å². The summed E-state index contributed by atoms with van der Waals surface area (Å²) in [7, 11) is 0. The second-order valence-electron chi connectivity index (χ2n) is 6.16. The summed E-state index contributed by atoms with van der Waals surface area (Å²) in [5.74, 6) is -10.6. The largest absolute Gasteiger partial charge is 0.276 e. The van der Waals surface area contributed by atoms with Crippen LogP contribution in [0.5, 0.6) is 0 Å². The van der Waals surface area contributed by atoms with Crippen molar-refractivity contribution < 1.29 is 22.0 Å². The minimum atomic E-state index is -2.22. The zero-order valence-electron chi connectivity index (χ0n) is 13.9. The third-order valence-electron chi connectivity index (χ3n) is 4.58. The molecule has 0 radical (unpaired) electrons. The van der Waals surface area contributed by atoms with E-state index in [2.05, 4.69) is 9.97 Å². The molecule has 0 aliphatic carbocycles. The molecule has 0 bridgehead atoms. The first kappa shape index (κ1) is 16.6. The van der Waals surface area contributed by atoms with E-state index in [0.717, 1.165) is 0 Å². The van der Waals surface area contributed by atoms with Gasteiger partial charge in [0.1, 0.15) is 5.65 Å². The van der Waals surface area contributed by atoms with Gasteiger partial charge in [0.25, 0.3) is 0 Å². The summed E-state index contributed by atoms with van der Waals surface area (Å²) in [5, 5.41) is 0.575. The van der Waals surface area contributed by atoms with Crippen LogP contribution in [0.25, 0.3) is 39.0 Å². The van der Waals surface area contributed by atoms with Gasteiger partial charge in [-0.05, 0) is 24.3 Å². The molecule has 0 aliphatic rings. The Labute approximate surface area is 153 Å². The van der Waals surface area contributed by atoms with Crippen molar-refractivity contribution in [3.63, 3.8) is 0 Å². The summed E-state index contributed by atoms with van der Waals surface area (Å²) in [6.45, 7) is 0. The van der Waals surface area contributed by atoms with Crippen molar-refractivity contribution in [1.29, 1.82) is 0 Å². The zero-order chi connectivity index (χ0) is 19.6. The van der Waals surface area contributed by atoms with Gasteiger partial charge in [-0.3, -0.25) is 4.40 Å². The van der Waals surface area contributed by atoms with Crippen LogP contribution in [-0.2, 0) is 0 Å². The molecule has 0 spiro atoms. The number of rotatable bonds is 1. The summed E-state index contributed by atoms with van der Waals surface area (Å²) in [4.78, 5) is 8.68. The minimum absolute atomic E-state index is 0.297. The Morgan fingerprint density at radius 3 is 1.89 bits per heavy atom. The molecule has 0 N–H and O–H groups in total. The molecule has 2 aromatic heterocycles. The molecule has 3 aromatic carbocycles. The number of benzene rings is 3. The maximum Gasteiger partial charge on any atom is 0.200 e. The van der Waals surface area contributed by atoms with Crippen LogP contribution >= 0.6 is 0 Å². The number of aromatic nitrogens is 3. The van der Waals surface area contributed by atoms with Gasteiger partial charge in [-0.2, -0.15) is 0 Å². The van der Waals surface area contributed by atoms with Crippen molar-refractivity contribution in [2.45, 2.75) is 0 Å². The van der Waals surface area contributed by atoms with Gasteiger partial charge >= 0.3 is 0 Å². The summed E-state index contributed by atoms with van der Waals surface area (Å²) < 4.78 is 71.5. The SMILES string of the molecule is Fc1c(F)c(F)c(-c2nc3ccccc3c3nc4ccccc4n23)c(F)c1F. The van der Waals surface area contributed by atoms with Gasteiger partial charge in [0.2, 0.25) is 5.82 Å². The van der Waals surface area contributed by atoms with Gasteiger partial charge in [0, 0.05) is 5.39 Å². The predicted octanol–water partition coefficient (Wildman–Crippen LogP) is 5.40. The Morgan fingerprint density at radius 1 is 0.607 bits per heavy atom. The lowest BCUT2D eigenvalue weighted by Crippen LogP contribution is -2.08. The Hall–Kier alpha value is -3.55. The number of halogens is 5. The highest BCUT2D eigenvalue weighted by atomic mass is 19.2. The third kappa shape index (κ3) is 2.08. The Kier molecular flexibility index (Phi) is 3.39. The van der Waals surface area contributed by atoms with E-state index in [0.29, 0.717) is 27.6 Å². The van der Waals surface area contributed by atoms with E-state index in [1.807, 2.05) is 0 Å². The van der Waals surface area contributed by atoms with Crippen LogP contribution in [0.15, 0.2) is 48.5 Å².